The fourth-order valence-corrected chi connectivity index (χ4v) is 2.67. The molecule has 1 aliphatic heterocycles. The maximum Gasteiger partial charge on any atom is 0.236 e. The first-order valence-electron chi connectivity index (χ1n) is 7.05. The van der Waals surface area contributed by atoms with E-state index in [1.807, 2.05) is 23.9 Å². The minimum Gasteiger partial charge on any atom is -0.342 e. The molecule has 1 heterocycles. The number of amides is 1. The Morgan fingerprint density at radius 2 is 1.79 bits per heavy atom. The molecule has 2 rings (SSSR count). The molecule has 1 amide bonds. The van der Waals surface area contributed by atoms with Crippen LogP contribution in [0.25, 0.3) is 0 Å². The van der Waals surface area contributed by atoms with E-state index in [0.29, 0.717) is 12.5 Å². The van der Waals surface area contributed by atoms with E-state index in [0.717, 1.165) is 25.9 Å². The predicted molar refractivity (Wildman–Crippen MR) is 78.3 cm³/mol. The molecular formula is C16H24N2O. The third-order valence-corrected chi connectivity index (χ3v) is 3.85. The molecule has 1 fully saturated rings. The fraction of sp³-hybridized carbons (Fsp3) is 0.562. The minimum atomic E-state index is 0.257. The maximum atomic E-state index is 12.0. The number of rotatable bonds is 3. The van der Waals surface area contributed by atoms with Crippen molar-refractivity contribution in [2.45, 2.75) is 25.7 Å². The Morgan fingerprint density at radius 1 is 1.21 bits per heavy atom. The van der Waals surface area contributed by atoms with Crippen molar-refractivity contribution in [3.05, 3.63) is 35.4 Å². The topological polar surface area (TPSA) is 23.6 Å². The molecule has 0 unspecified atom stereocenters. The number of hydrogen-bond donors (Lipinski definition) is 0. The van der Waals surface area contributed by atoms with E-state index in [2.05, 4.69) is 31.2 Å². The first-order chi connectivity index (χ1) is 9.06. The molecule has 0 N–H and O–H groups in total. The standard InChI is InChI=1S/C16H24N2O/c1-13-4-6-14(7-5-13)15-8-10-18(11-9-15)16(19)12-17(2)3/h4-7,15H,8-12H2,1-3H3. The number of likely N-dealkylation sites (N-methyl/N-ethyl adjacent to an activating group) is 1. The fourth-order valence-electron chi connectivity index (χ4n) is 2.67. The summed E-state index contributed by atoms with van der Waals surface area (Å²) in [4.78, 5) is 15.9. The zero-order valence-corrected chi connectivity index (χ0v) is 12.2. The lowest BCUT2D eigenvalue weighted by Crippen LogP contribution is -2.42. The van der Waals surface area contributed by atoms with Crippen molar-refractivity contribution in [2.24, 2.45) is 0 Å². The lowest BCUT2D eigenvalue weighted by atomic mass is 9.89. The van der Waals surface area contributed by atoms with Crippen molar-refractivity contribution in [1.29, 1.82) is 0 Å². The summed E-state index contributed by atoms with van der Waals surface area (Å²) in [6, 6.07) is 8.83. The quantitative estimate of drug-likeness (QED) is 0.832. The third-order valence-electron chi connectivity index (χ3n) is 3.85. The number of nitrogens with zero attached hydrogens (tertiary/aromatic N) is 2. The monoisotopic (exact) mass is 260 g/mol. The summed E-state index contributed by atoms with van der Waals surface area (Å²) in [6.45, 7) is 4.43. The SMILES string of the molecule is Cc1ccc(C2CCN(C(=O)CN(C)C)CC2)cc1. The van der Waals surface area contributed by atoms with E-state index in [-0.39, 0.29) is 5.91 Å². The number of carbonyl (C=O) groups excluding carboxylic acids is 1. The molecule has 0 atom stereocenters. The Labute approximate surface area is 116 Å². The molecule has 0 saturated carbocycles. The number of aryl methyl sites for hydroxylation is 1. The number of piperidine rings is 1. The van der Waals surface area contributed by atoms with Crippen LogP contribution in [0.3, 0.4) is 0 Å². The zero-order chi connectivity index (χ0) is 13.8. The highest BCUT2D eigenvalue weighted by Crippen LogP contribution is 2.28. The third kappa shape index (κ3) is 3.80. The summed E-state index contributed by atoms with van der Waals surface area (Å²) >= 11 is 0. The highest BCUT2D eigenvalue weighted by atomic mass is 16.2. The molecule has 19 heavy (non-hydrogen) atoms. The van der Waals surface area contributed by atoms with Gasteiger partial charge in [0.15, 0.2) is 0 Å². The van der Waals surface area contributed by atoms with Crippen LogP contribution in [-0.2, 0) is 4.79 Å². The van der Waals surface area contributed by atoms with Gasteiger partial charge in [0, 0.05) is 13.1 Å². The van der Waals surface area contributed by atoms with Gasteiger partial charge in [-0.15, -0.1) is 0 Å². The molecule has 0 spiro atoms. The van der Waals surface area contributed by atoms with E-state index in [4.69, 9.17) is 0 Å². The van der Waals surface area contributed by atoms with Gasteiger partial charge in [-0.3, -0.25) is 4.79 Å². The summed E-state index contributed by atoms with van der Waals surface area (Å²) in [6.07, 6.45) is 2.17. The second kappa shape index (κ2) is 6.20. The van der Waals surface area contributed by atoms with Crippen LogP contribution in [0, 0.1) is 6.92 Å². The molecule has 1 aromatic rings. The number of likely N-dealkylation sites (tertiary alicyclic amines) is 1. The molecule has 104 valence electrons. The van der Waals surface area contributed by atoms with Crippen molar-refractivity contribution in [1.82, 2.24) is 9.80 Å². The van der Waals surface area contributed by atoms with Gasteiger partial charge in [-0.25, -0.2) is 0 Å². The van der Waals surface area contributed by atoms with Gasteiger partial charge in [-0.2, -0.15) is 0 Å². The van der Waals surface area contributed by atoms with Gasteiger partial charge in [-0.05, 0) is 45.3 Å². The second-order valence-electron chi connectivity index (χ2n) is 5.80. The van der Waals surface area contributed by atoms with E-state index >= 15 is 0 Å². The van der Waals surface area contributed by atoms with E-state index in [1.165, 1.54) is 11.1 Å². The van der Waals surface area contributed by atoms with Crippen molar-refractivity contribution < 1.29 is 4.79 Å². The summed E-state index contributed by atoms with van der Waals surface area (Å²) < 4.78 is 0. The molecule has 3 heteroatoms. The Kier molecular flexibility index (Phi) is 4.59. The van der Waals surface area contributed by atoms with Crippen LogP contribution in [0.1, 0.15) is 29.9 Å². The van der Waals surface area contributed by atoms with Crippen LogP contribution in [0.15, 0.2) is 24.3 Å². The number of benzene rings is 1. The summed E-state index contributed by atoms with van der Waals surface area (Å²) in [7, 11) is 3.88. The van der Waals surface area contributed by atoms with E-state index < -0.39 is 0 Å². The van der Waals surface area contributed by atoms with E-state index in [9.17, 15) is 4.79 Å². The molecule has 0 radical (unpaired) electrons. The largest absolute Gasteiger partial charge is 0.342 e. The van der Waals surface area contributed by atoms with Gasteiger partial charge in [0.1, 0.15) is 0 Å². The Bertz CT molecular complexity index is 417. The van der Waals surface area contributed by atoms with Crippen LogP contribution >= 0.6 is 0 Å². The van der Waals surface area contributed by atoms with Gasteiger partial charge in [0.25, 0.3) is 0 Å². The molecule has 0 aromatic heterocycles. The van der Waals surface area contributed by atoms with Crippen LogP contribution in [0.5, 0.6) is 0 Å². The smallest absolute Gasteiger partial charge is 0.236 e. The molecule has 0 aliphatic carbocycles. The average molecular weight is 260 g/mol. The normalized spacial score (nSPS) is 16.9. The Hall–Kier alpha value is -1.35. The molecule has 0 bridgehead atoms. The van der Waals surface area contributed by atoms with Crippen molar-refractivity contribution in [2.75, 3.05) is 33.7 Å². The number of hydrogen-bond acceptors (Lipinski definition) is 2. The second-order valence-corrected chi connectivity index (χ2v) is 5.80. The molecule has 1 aliphatic rings. The van der Waals surface area contributed by atoms with Gasteiger partial charge in [0.2, 0.25) is 5.91 Å². The summed E-state index contributed by atoms with van der Waals surface area (Å²) in [5.74, 6) is 0.872. The summed E-state index contributed by atoms with van der Waals surface area (Å²) in [5, 5.41) is 0. The van der Waals surface area contributed by atoms with Gasteiger partial charge < -0.3 is 9.80 Å². The predicted octanol–water partition coefficient (Wildman–Crippen LogP) is 2.26. The molecular weight excluding hydrogens is 236 g/mol. The summed E-state index contributed by atoms with van der Waals surface area (Å²) in [5.41, 5.74) is 2.73. The highest BCUT2D eigenvalue weighted by molar-refractivity contribution is 5.78. The lowest BCUT2D eigenvalue weighted by molar-refractivity contribution is -0.132. The molecule has 1 aromatic carbocycles. The van der Waals surface area contributed by atoms with Gasteiger partial charge in [-0.1, -0.05) is 29.8 Å². The van der Waals surface area contributed by atoms with Crippen LogP contribution in [0.2, 0.25) is 0 Å². The lowest BCUT2D eigenvalue weighted by Gasteiger charge is -2.33. The van der Waals surface area contributed by atoms with Crippen LogP contribution in [-0.4, -0.2) is 49.4 Å². The highest BCUT2D eigenvalue weighted by Gasteiger charge is 2.23. The Morgan fingerprint density at radius 3 is 2.32 bits per heavy atom. The average Bonchev–Trinajstić information content (AvgIpc) is 2.39. The zero-order valence-electron chi connectivity index (χ0n) is 12.2. The van der Waals surface area contributed by atoms with Gasteiger partial charge in [0.05, 0.1) is 6.54 Å². The Balaban J connectivity index is 1.88. The van der Waals surface area contributed by atoms with Crippen molar-refractivity contribution >= 4 is 5.91 Å². The van der Waals surface area contributed by atoms with Gasteiger partial charge >= 0.3 is 0 Å². The number of carbonyl (C=O) groups is 1. The van der Waals surface area contributed by atoms with E-state index in [1.54, 1.807) is 0 Å². The molecule has 3 nitrogen and oxygen atoms in total. The van der Waals surface area contributed by atoms with Crippen LogP contribution < -0.4 is 0 Å². The molecule has 1 saturated heterocycles. The van der Waals surface area contributed by atoms with Crippen molar-refractivity contribution in [3.63, 3.8) is 0 Å². The van der Waals surface area contributed by atoms with Crippen LogP contribution in [0.4, 0.5) is 0 Å². The van der Waals surface area contributed by atoms with Crippen molar-refractivity contribution in [3.8, 4) is 0 Å². The maximum absolute atomic E-state index is 12.0. The minimum absolute atomic E-state index is 0.257. The first-order valence-corrected chi connectivity index (χ1v) is 7.05. The first kappa shape index (κ1) is 14.1.